The van der Waals surface area contributed by atoms with Crippen molar-refractivity contribution in [3.8, 4) is 0 Å². The number of benzene rings is 1. The number of hydrogen-bond donors (Lipinski definition) is 1. The maximum absolute atomic E-state index is 13.3. The van der Waals surface area contributed by atoms with E-state index in [-0.39, 0.29) is 12.2 Å². The van der Waals surface area contributed by atoms with Gasteiger partial charge in [0, 0.05) is 5.03 Å². The molecule has 0 saturated heterocycles. The predicted molar refractivity (Wildman–Crippen MR) is 54.6 cm³/mol. The van der Waals surface area contributed by atoms with Gasteiger partial charge in [0.1, 0.15) is 11.5 Å². The van der Waals surface area contributed by atoms with Gasteiger partial charge in [-0.05, 0) is 18.6 Å². The van der Waals surface area contributed by atoms with Crippen LogP contribution in [0.1, 0.15) is 5.56 Å². The van der Waals surface area contributed by atoms with Crippen molar-refractivity contribution in [2.24, 2.45) is 0 Å². The number of anilines is 1. The maximum atomic E-state index is 13.3. The Morgan fingerprint density at radius 1 is 1.50 bits per heavy atom. The first-order chi connectivity index (χ1) is 6.52. The monoisotopic (exact) mass is 217 g/mol. The molecule has 0 saturated carbocycles. The first kappa shape index (κ1) is 11.0. The van der Waals surface area contributed by atoms with Crippen LogP contribution in [0, 0.1) is 18.6 Å². The van der Waals surface area contributed by atoms with E-state index in [0.717, 1.165) is 0 Å². The fraction of sp³-hybridized carbons (Fsp3) is 0.200. The Morgan fingerprint density at radius 2 is 2.14 bits per heavy atom. The lowest BCUT2D eigenvalue weighted by atomic mass is 10.2. The molecule has 0 aliphatic carbocycles. The summed E-state index contributed by atoms with van der Waals surface area (Å²) >= 11 is 5.47. The van der Waals surface area contributed by atoms with Gasteiger partial charge in [0.05, 0.1) is 6.54 Å². The minimum Gasteiger partial charge on any atom is -0.375 e. The minimum atomic E-state index is -0.633. The van der Waals surface area contributed by atoms with E-state index in [1.807, 2.05) is 0 Å². The lowest BCUT2D eigenvalue weighted by Gasteiger charge is -2.09. The van der Waals surface area contributed by atoms with Crippen LogP contribution in [0.2, 0.25) is 0 Å². The van der Waals surface area contributed by atoms with Crippen molar-refractivity contribution in [3.05, 3.63) is 40.9 Å². The Labute approximate surface area is 86.4 Å². The van der Waals surface area contributed by atoms with Gasteiger partial charge >= 0.3 is 0 Å². The van der Waals surface area contributed by atoms with Crippen molar-refractivity contribution in [1.29, 1.82) is 0 Å². The molecule has 0 radical (unpaired) electrons. The quantitative estimate of drug-likeness (QED) is 0.818. The normalized spacial score (nSPS) is 10.0. The zero-order valence-corrected chi connectivity index (χ0v) is 8.46. The second kappa shape index (κ2) is 4.42. The highest BCUT2D eigenvalue weighted by molar-refractivity contribution is 6.29. The molecule has 0 aliphatic heterocycles. The average Bonchev–Trinajstić information content (AvgIpc) is 2.11. The molecular weight excluding hydrogens is 208 g/mol. The van der Waals surface area contributed by atoms with Gasteiger partial charge in [-0.25, -0.2) is 8.78 Å². The van der Waals surface area contributed by atoms with E-state index in [1.54, 1.807) is 6.92 Å². The van der Waals surface area contributed by atoms with E-state index in [4.69, 9.17) is 11.6 Å². The molecule has 0 spiro atoms. The Morgan fingerprint density at radius 3 is 2.71 bits per heavy atom. The number of nitrogens with one attached hydrogen (secondary N) is 1. The SMILES string of the molecule is C=C(Cl)CNc1c(F)ccc(C)c1F. The fourth-order valence-electron chi connectivity index (χ4n) is 1.00. The van der Waals surface area contributed by atoms with Crippen molar-refractivity contribution < 1.29 is 8.78 Å². The molecule has 1 aromatic rings. The highest BCUT2D eigenvalue weighted by atomic mass is 35.5. The highest BCUT2D eigenvalue weighted by Gasteiger charge is 2.10. The number of hydrogen-bond acceptors (Lipinski definition) is 1. The van der Waals surface area contributed by atoms with Gasteiger partial charge in [-0.15, -0.1) is 0 Å². The van der Waals surface area contributed by atoms with Crippen LogP contribution >= 0.6 is 11.6 Å². The summed E-state index contributed by atoms with van der Waals surface area (Å²) < 4.78 is 26.4. The van der Waals surface area contributed by atoms with Crippen LogP contribution in [0.4, 0.5) is 14.5 Å². The van der Waals surface area contributed by atoms with Gasteiger partial charge in [0.15, 0.2) is 5.82 Å². The van der Waals surface area contributed by atoms with Crippen molar-refractivity contribution in [2.75, 3.05) is 11.9 Å². The molecule has 0 fully saturated rings. The van der Waals surface area contributed by atoms with Crippen molar-refractivity contribution in [3.63, 3.8) is 0 Å². The maximum Gasteiger partial charge on any atom is 0.152 e. The molecule has 1 N–H and O–H groups in total. The summed E-state index contributed by atoms with van der Waals surface area (Å²) in [6.45, 7) is 5.11. The standard InChI is InChI=1S/C10H10ClF2N/c1-6-3-4-8(12)10(9(6)13)14-5-7(2)11/h3-4,14H,2,5H2,1H3. The largest absolute Gasteiger partial charge is 0.375 e. The first-order valence-electron chi connectivity index (χ1n) is 4.04. The van der Waals surface area contributed by atoms with E-state index >= 15 is 0 Å². The molecular formula is C10H10ClF2N. The Kier molecular flexibility index (Phi) is 3.47. The molecule has 0 heterocycles. The molecule has 0 aromatic heterocycles. The van der Waals surface area contributed by atoms with Crippen molar-refractivity contribution in [2.45, 2.75) is 6.92 Å². The zero-order valence-electron chi connectivity index (χ0n) is 7.70. The van der Waals surface area contributed by atoms with E-state index < -0.39 is 11.6 Å². The number of halogens is 3. The van der Waals surface area contributed by atoms with Gasteiger partial charge in [0.2, 0.25) is 0 Å². The summed E-state index contributed by atoms with van der Waals surface area (Å²) in [5, 5.41) is 2.84. The van der Waals surface area contributed by atoms with Gasteiger partial charge in [-0.3, -0.25) is 0 Å². The highest BCUT2D eigenvalue weighted by Crippen LogP contribution is 2.21. The molecule has 0 unspecified atom stereocenters. The fourth-order valence-corrected chi connectivity index (χ4v) is 1.07. The molecule has 0 bridgehead atoms. The van der Waals surface area contributed by atoms with Crippen LogP contribution in [-0.2, 0) is 0 Å². The molecule has 0 amide bonds. The summed E-state index contributed by atoms with van der Waals surface area (Å²) in [5.41, 5.74) is 0.223. The first-order valence-corrected chi connectivity index (χ1v) is 4.42. The minimum absolute atomic E-state index is 0.138. The second-order valence-corrected chi connectivity index (χ2v) is 3.46. The smallest absolute Gasteiger partial charge is 0.152 e. The molecule has 0 atom stereocenters. The van der Waals surface area contributed by atoms with E-state index in [9.17, 15) is 8.78 Å². The Bertz CT molecular complexity index is 363. The number of rotatable bonds is 3. The summed E-state index contributed by atoms with van der Waals surface area (Å²) in [6, 6.07) is 2.59. The van der Waals surface area contributed by atoms with E-state index in [0.29, 0.717) is 10.6 Å². The zero-order chi connectivity index (χ0) is 10.7. The average molecular weight is 218 g/mol. The van der Waals surface area contributed by atoms with Crippen LogP contribution in [0.3, 0.4) is 0 Å². The van der Waals surface area contributed by atoms with E-state index in [2.05, 4.69) is 11.9 Å². The second-order valence-electron chi connectivity index (χ2n) is 2.92. The van der Waals surface area contributed by atoms with Crippen molar-refractivity contribution >= 4 is 17.3 Å². The third kappa shape index (κ3) is 2.45. The predicted octanol–water partition coefficient (Wildman–Crippen LogP) is 3.44. The van der Waals surface area contributed by atoms with Crippen LogP contribution in [0.15, 0.2) is 23.7 Å². The molecule has 1 aromatic carbocycles. The summed E-state index contributed by atoms with van der Waals surface area (Å²) in [6.07, 6.45) is 0. The third-order valence-electron chi connectivity index (χ3n) is 1.74. The molecule has 1 rings (SSSR count). The summed E-state index contributed by atoms with van der Waals surface area (Å²) in [7, 11) is 0. The molecule has 1 nitrogen and oxygen atoms in total. The van der Waals surface area contributed by atoms with Crippen LogP contribution in [0.5, 0.6) is 0 Å². The molecule has 4 heteroatoms. The Hall–Kier alpha value is -1.09. The van der Waals surface area contributed by atoms with Gasteiger partial charge in [-0.1, -0.05) is 24.2 Å². The third-order valence-corrected chi connectivity index (χ3v) is 1.87. The van der Waals surface area contributed by atoms with Gasteiger partial charge in [-0.2, -0.15) is 0 Å². The number of aryl methyl sites for hydroxylation is 1. The Balaban J connectivity index is 2.95. The van der Waals surface area contributed by atoms with Crippen LogP contribution in [0.25, 0.3) is 0 Å². The van der Waals surface area contributed by atoms with Crippen LogP contribution < -0.4 is 5.32 Å². The van der Waals surface area contributed by atoms with Gasteiger partial charge in [0.25, 0.3) is 0 Å². The lowest BCUT2D eigenvalue weighted by molar-refractivity contribution is 0.583. The summed E-state index contributed by atoms with van der Waals surface area (Å²) in [4.78, 5) is 0. The van der Waals surface area contributed by atoms with Gasteiger partial charge < -0.3 is 5.32 Å². The molecule has 76 valence electrons. The van der Waals surface area contributed by atoms with Crippen molar-refractivity contribution in [1.82, 2.24) is 0 Å². The lowest BCUT2D eigenvalue weighted by Crippen LogP contribution is -2.06. The van der Waals surface area contributed by atoms with Crippen LogP contribution in [-0.4, -0.2) is 6.54 Å². The topological polar surface area (TPSA) is 12.0 Å². The molecule has 14 heavy (non-hydrogen) atoms. The van der Waals surface area contributed by atoms with E-state index in [1.165, 1.54) is 12.1 Å². The summed E-state index contributed by atoms with van der Waals surface area (Å²) in [5.74, 6) is -1.23. The molecule has 0 aliphatic rings.